The number of aromatic nitrogens is 3. The van der Waals surface area contributed by atoms with Crippen molar-refractivity contribution in [2.45, 2.75) is 44.7 Å². The largest absolute Gasteiger partial charge is 0.465 e. The van der Waals surface area contributed by atoms with Crippen molar-refractivity contribution >= 4 is 28.6 Å². The number of nitrogens with one attached hydrogen (secondary N) is 1. The molecule has 1 aliphatic rings. The third-order valence-corrected chi connectivity index (χ3v) is 5.67. The van der Waals surface area contributed by atoms with Crippen molar-refractivity contribution in [3.8, 4) is 0 Å². The number of hydrogen-bond donors (Lipinski definition) is 1. The summed E-state index contributed by atoms with van der Waals surface area (Å²) in [5, 5.41) is 7.76. The number of nitrogens with zero attached hydrogens (tertiary/aromatic N) is 3. The SMILES string of the molecule is C=C(C)c1cc(NC2CCC(n3cncn3)CC2)c(C(=O)OC)s1. The molecule has 1 aliphatic carbocycles. The van der Waals surface area contributed by atoms with E-state index in [9.17, 15) is 4.79 Å². The highest BCUT2D eigenvalue weighted by atomic mass is 32.1. The Kier molecular flexibility index (Phi) is 4.99. The molecular weight excluding hydrogens is 324 g/mol. The number of thiophene rings is 1. The Labute approximate surface area is 145 Å². The maximum Gasteiger partial charge on any atom is 0.350 e. The van der Waals surface area contributed by atoms with Gasteiger partial charge in [0, 0.05) is 10.9 Å². The fraction of sp³-hybridized carbons (Fsp3) is 0.471. The zero-order chi connectivity index (χ0) is 17.1. The molecule has 6 nitrogen and oxygen atoms in total. The van der Waals surface area contributed by atoms with E-state index in [0.717, 1.165) is 41.8 Å². The summed E-state index contributed by atoms with van der Waals surface area (Å²) in [7, 11) is 1.41. The zero-order valence-corrected chi connectivity index (χ0v) is 14.8. The predicted octanol–water partition coefficient (Wildman–Crippen LogP) is 3.76. The van der Waals surface area contributed by atoms with Crippen molar-refractivity contribution in [2.24, 2.45) is 0 Å². The molecule has 7 heteroatoms. The van der Waals surface area contributed by atoms with Gasteiger partial charge < -0.3 is 10.1 Å². The molecule has 2 aromatic rings. The lowest BCUT2D eigenvalue weighted by atomic mass is 9.91. The number of anilines is 1. The van der Waals surface area contributed by atoms with E-state index in [0.29, 0.717) is 17.0 Å². The molecule has 0 spiro atoms. The number of carbonyl (C=O) groups excluding carboxylic acids is 1. The first-order valence-electron chi connectivity index (χ1n) is 8.07. The highest BCUT2D eigenvalue weighted by Gasteiger charge is 2.25. The lowest BCUT2D eigenvalue weighted by Crippen LogP contribution is -2.28. The summed E-state index contributed by atoms with van der Waals surface area (Å²) in [5.41, 5.74) is 1.81. The molecule has 1 fully saturated rings. The van der Waals surface area contributed by atoms with Crippen molar-refractivity contribution in [2.75, 3.05) is 12.4 Å². The van der Waals surface area contributed by atoms with Gasteiger partial charge in [-0.15, -0.1) is 11.3 Å². The van der Waals surface area contributed by atoms with Crippen molar-refractivity contribution in [1.29, 1.82) is 0 Å². The van der Waals surface area contributed by atoms with Crippen LogP contribution in [0.5, 0.6) is 0 Å². The average molecular weight is 346 g/mol. The Bertz CT molecular complexity index is 715. The Morgan fingerprint density at radius 1 is 1.42 bits per heavy atom. The van der Waals surface area contributed by atoms with E-state index in [1.54, 1.807) is 12.7 Å². The molecular formula is C17H22N4O2S. The van der Waals surface area contributed by atoms with Gasteiger partial charge in [0.1, 0.15) is 17.5 Å². The van der Waals surface area contributed by atoms with Crippen LogP contribution in [0.25, 0.3) is 5.57 Å². The van der Waals surface area contributed by atoms with Crippen LogP contribution in [0, 0.1) is 0 Å². The summed E-state index contributed by atoms with van der Waals surface area (Å²) in [5.74, 6) is -0.300. The monoisotopic (exact) mass is 346 g/mol. The van der Waals surface area contributed by atoms with Crippen LogP contribution in [0.3, 0.4) is 0 Å². The van der Waals surface area contributed by atoms with Gasteiger partial charge >= 0.3 is 5.97 Å². The number of methoxy groups -OCH3 is 1. The quantitative estimate of drug-likeness (QED) is 0.835. The van der Waals surface area contributed by atoms with E-state index in [4.69, 9.17) is 4.74 Å². The summed E-state index contributed by atoms with van der Waals surface area (Å²) >= 11 is 1.43. The van der Waals surface area contributed by atoms with Crippen molar-refractivity contribution < 1.29 is 9.53 Å². The highest BCUT2D eigenvalue weighted by Crippen LogP contribution is 2.35. The number of allylic oxidation sites excluding steroid dienone is 1. The number of carbonyl (C=O) groups is 1. The van der Waals surface area contributed by atoms with Gasteiger partial charge in [-0.2, -0.15) is 5.10 Å². The lowest BCUT2D eigenvalue weighted by Gasteiger charge is -2.29. The summed E-state index contributed by atoms with van der Waals surface area (Å²) in [4.78, 5) is 17.7. The van der Waals surface area contributed by atoms with E-state index in [1.165, 1.54) is 18.4 Å². The Morgan fingerprint density at radius 3 is 2.75 bits per heavy atom. The Hall–Kier alpha value is -2.15. The van der Waals surface area contributed by atoms with Crippen LogP contribution >= 0.6 is 11.3 Å². The van der Waals surface area contributed by atoms with E-state index >= 15 is 0 Å². The first kappa shape index (κ1) is 16.7. The molecule has 0 saturated heterocycles. The third kappa shape index (κ3) is 3.51. The standard InChI is InChI=1S/C17H22N4O2S/c1-11(2)15-8-14(16(24-15)17(22)23-3)20-12-4-6-13(7-5-12)21-10-18-9-19-21/h8-10,12-13,20H,1,4-7H2,2-3H3. The summed E-state index contributed by atoms with van der Waals surface area (Å²) < 4.78 is 6.85. The minimum atomic E-state index is -0.300. The van der Waals surface area contributed by atoms with Crippen molar-refractivity contribution in [1.82, 2.24) is 14.8 Å². The van der Waals surface area contributed by atoms with Gasteiger partial charge in [0.15, 0.2) is 0 Å². The first-order valence-corrected chi connectivity index (χ1v) is 8.88. The van der Waals surface area contributed by atoms with Crippen LogP contribution in [0.1, 0.15) is 53.2 Å². The topological polar surface area (TPSA) is 69.0 Å². The number of ether oxygens (including phenoxy) is 1. The fourth-order valence-corrected chi connectivity index (χ4v) is 4.03. The van der Waals surface area contributed by atoms with Crippen molar-refractivity contribution in [3.63, 3.8) is 0 Å². The van der Waals surface area contributed by atoms with Gasteiger partial charge in [0.05, 0.1) is 18.8 Å². The molecule has 0 radical (unpaired) electrons. The van der Waals surface area contributed by atoms with E-state index in [-0.39, 0.29) is 5.97 Å². The Morgan fingerprint density at radius 2 is 2.17 bits per heavy atom. The van der Waals surface area contributed by atoms with Crippen molar-refractivity contribution in [3.05, 3.63) is 35.1 Å². The molecule has 0 aliphatic heterocycles. The number of rotatable bonds is 5. The maximum absolute atomic E-state index is 12.0. The van der Waals surface area contributed by atoms with E-state index < -0.39 is 0 Å². The second-order valence-electron chi connectivity index (χ2n) is 6.15. The zero-order valence-electron chi connectivity index (χ0n) is 14.0. The van der Waals surface area contributed by atoms with Crippen LogP contribution in [0.4, 0.5) is 5.69 Å². The summed E-state index contributed by atoms with van der Waals surface area (Å²) in [6.07, 6.45) is 7.52. The lowest BCUT2D eigenvalue weighted by molar-refractivity contribution is 0.0607. The predicted molar refractivity (Wildman–Crippen MR) is 95.3 cm³/mol. The molecule has 2 heterocycles. The first-order chi connectivity index (χ1) is 11.6. The molecule has 0 unspecified atom stereocenters. The molecule has 0 aromatic carbocycles. The smallest absolute Gasteiger partial charge is 0.350 e. The summed E-state index contributed by atoms with van der Waals surface area (Å²) in [6, 6.07) is 2.77. The van der Waals surface area contributed by atoms with Gasteiger partial charge in [-0.1, -0.05) is 6.58 Å². The van der Waals surface area contributed by atoms with Crippen LogP contribution in [-0.4, -0.2) is 33.9 Å². The van der Waals surface area contributed by atoms with E-state index in [1.807, 2.05) is 17.7 Å². The minimum Gasteiger partial charge on any atom is -0.465 e. The number of hydrogen-bond acceptors (Lipinski definition) is 6. The molecule has 24 heavy (non-hydrogen) atoms. The molecule has 3 rings (SSSR count). The van der Waals surface area contributed by atoms with Crippen LogP contribution in [-0.2, 0) is 4.74 Å². The molecule has 128 valence electrons. The third-order valence-electron chi connectivity index (χ3n) is 4.39. The molecule has 1 N–H and O–H groups in total. The van der Waals surface area contributed by atoms with Crippen LogP contribution < -0.4 is 5.32 Å². The van der Waals surface area contributed by atoms with Crippen LogP contribution in [0.2, 0.25) is 0 Å². The summed E-state index contributed by atoms with van der Waals surface area (Å²) in [6.45, 7) is 5.91. The molecule has 2 aromatic heterocycles. The maximum atomic E-state index is 12.0. The van der Waals surface area contributed by atoms with Gasteiger partial charge in [-0.05, 0) is 44.2 Å². The van der Waals surface area contributed by atoms with Crippen LogP contribution in [0.15, 0.2) is 25.3 Å². The second kappa shape index (κ2) is 7.17. The fourth-order valence-electron chi connectivity index (χ4n) is 3.06. The normalized spacial score (nSPS) is 20.6. The molecule has 1 saturated carbocycles. The molecule has 0 amide bonds. The van der Waals surface area contributed by atoms with E-state index in [2.05, 4.69) is 22.0 Å². The number of esters is 1. The molecule has 0 atom stereocenters. The second-order valence-corrected chi connectivity index (χ2v) is 7.20. The van der Waals surface area contributed by atoms with Gasteiger partial charge in [0.25, 0.3) is 0 Å². The van der Waals surface area contributed by atoms with Gasteiger partial charge in [0.2, 0.25) is 0 Å². The molecule has 0 bridgehead atoms. The minimum absolute atomic E-state index is 0.300. The highest BCUT2D eigenvalue weighted by molar-refractivity contribution is 7.15. The Balaban J connectivity index is 1.68. The van der Waals surface area contributed by atoms with Gasteiger partial charge in [-0.3, -0.25) is 0 Å². The van der Waals surface area contributed by atoms with Gasteiger partial charge in [-0.25, -0.2) is 14.5 Å². The average Bonchev–Trinajstić information content (AvgIpc) is 3.24.